The Balaban J connectivity index is 1.55. The molecular formula is C20H27ClN2O2+2. The number of ether oxygens (including phenoxy) is 2. The molecule has 134 valence electrons. The van der Waals surface area contributed by atoms with E-state index in [4.69, 9.17) is 21.1 Å². The van der Waals surface area contributed by atoms with Gasteiger partial charge in [0.05, 0.1) is 19.8 Å². The van der Waals surface area contributed by atoms with Crippen LogP contribution in [0.25, 0.3) is 0 Å². The van der Waals surface area contributed by atoms with Crippen LogP contribution in [0.3, 0.4) is 0 Å². The van der Waals surface area contributed by atoms with Gasteiger partial charge in [0.25, 0.3) is 0 Å². The Morgan fingerprint density at radius 3 is 2.08 bits per heavy atom. The van der Waals surface area contributed by atoms with Crippen molar-refractivity contribution in [2.45, 2.75) is 13.1 Å². The van der Waals surface area contributed by atoms with Crippen molar-refractivity contribution >= 4 is 11.6 Å². The maximum Gasteiger partial charge on any atom is 0.127 e. The Morgan fingerprint density at radius 2 is 1.48 bits per heavy atom. The van der Waals surface area contributed by atoms with Gasteiger partial charge in [-0.25, -0.2) is 0 Å². The molecule has 0 radical (unpaired) electrons. The molecule has 0 bridgehead atoms. The second-order valence-corrected chi connectivity index (χ2v) is 7.09. The maximum atomic E-state index is 5.97. The van der Waals surface area contributed by atoms with Crippen LogP contribution >= 0.6 is 11.6 Å². The number of methoxy groups -OCH3 is 2. The normalized spacial score (nSPS) is 20.3. The molecule has 3 rings (SSSR count). The zero-order chi connectivity index (χ0) is 17.6. The molecule has 0 saturated carbocycles. The minimum absolute atomic E-state index is 0.806. The van der Waals surface area contributed by atoms with E-state index >= 15 is 0 Å². The second-order valence-electron chi connectivity index (χ2n) is 6.66. The van der Waals surface area contributed by atoms with Crippen molar-refractivity contribution in [3.63, 3.8) is 0 Å². The van der Waals surface area contributed by atoms with Gasteiger partial charge in [-0.15, -0.1) is 0 Å². The maximum absolute atomic E-state index is 5.97. The largest absolute Gasteiger partial charge is 0.497 e. The molecule has 2 aromatic carbocycles. The highest BCUT2D eigenvalue weighted by molar-refractivity contribution is 6.30. The molecule has 1 aliphatic rings. The summed E-state index contributed by atoms with van der Waals surface area (Å²) in [4.78, 5) is 3.25. The van der Waals surface area contributed by atoms with Crippen LogP contribution in [0, 0.1) is 0 Å². The van der Waals surface area contributed by atoms with Crippen molar-refractivity contribution in [2.24, 2.45) is 0 Å². The van der Waals surface area contributed by atoms with Crippen molar-refractivity contribution in [1.29, 1.82) is 0 Å². The number of nitrogens with one attached hydrogen (secondary N) is 2. The molecule has 0 amide bonds. The lowest BCUT2D eigenvalue weighted by Crippen LogP contribution is -3.27. The molecule has 1 heterocycles. The number of halogens is 1. The second kappa shape index (κ2) is 8.56. The zero-order valence-corrected chi connectivity index (χ0v) is 15.7. The molecule has 0 aromatic heterocycles. The fraction of sp³-hybridized carbons (Fsp3) is 0.400. The third-order valence-electron chi connectivity index (χ3n) is 4.96. The number of quaternary nitrogens is 2. The van der Waals surface area contributed by atoms with Gasteiger partial charge < -0.3 is 19.3 Å². The standard InChI is InChI=1S/C20H25ClN2O2/c1-24-19-7-8-20(25-2)17(13-19)15-23-11-9-22(10-12-23)14-16-3-5-18(21)6-4-16/h3-8,13H,9-12,14-15H2,1-2H3/p+2. The molecule has 5 heteroatoms. The molecule has 1 aliphatic heterocycles. The Morgan fingerprint density at radius 1 is 0.840 bits per heavy atom. The van der Waals surface area contributed by atoms with Gasteiger partial charge >= 0.3 is 0 Å². The average molecular weight is 363 g/mol. The van der Waals surface area contributed by atoms with E-state index < -0.39 is 0 Å². The van der Waals surface area contributed by atoms with E-state index in [1.807, 2.05) is 24.3 Å². The first-order chi connectivity index (χ1) is 12.2. The lowest BCUT2D eigenvalue weighted by molar-refractivity contribution is -1.02. The Kier molecular flexibility index (Phi) is 6.19. The van der Waals surface area contributed by atoms with Gasteiger partial charge in [-0.1, -0.05) is 23.7 Å². The Labute approximate surface area is 154 Å². The number of benzene rings is 2. The lowest BCUT2D eigenvalue weighted by atomic mass is 10.1. The summed E-state index contributed by atoms with van der Waals surface area (Å²) in [5.41, 5.74) is 2.58. The van der Waals surface area contributed by atoms with Crippen molar-refractivity contribution in [3.05, 3.63) is 58.6 Å². The summed E-state index contributed by atoms with van der Waals surface area (Å²) < 4.78 is 10.9. The monoisotopic (exact) mass is 362 g/mol. The molecule has 2 N–H and O–H groups in total. The van der Waals surface area contributed by atoms with Gasteiger partial charge in [0.2, 0.25) is 0 Å². The molecule has 1 saturated heterocycles. The van der Waals surface area contributed by atoms with Crippen LogP contribution in [0.4, 0.5) is 0 Å². The van der Waals surface area contributed by atoms with Gasteiger partial charge in [0, 0.05) is 10.6 Å². The predicted octanol–water partition coefficient (Wildman–Crippen LogP) is 0.841. The van der Waals surface area contributed by atoms with E-state index in [1.54, 1.807) is 24.0 Å². The van der Waals surface area contributed by atoms with Crippen molar-refractivity contribution in [1.82, 2.24) is 0 Å². The third kappa shape index (κ3) is 4.88. The number of rotatable bonds is 6. The quantitative estimate of drug-likeness (QED) is 0.797. The van der Waals surface area contributed by atoms with Gasteiger partial charge in [-0.3, -0.25) is 0 Å². The molecule has 0 unspecified atom stereocenters. The summed E-state index contributed by atoms with van der Waals surface area (Å²) >= 11 is 5.97. The summed E-state index contributed by atoms with van der Waals surface area (Å²) in [6.45, 7) is 6.77. The van der Waals surface area contributed by atoms with E-state index in [0.29, 0.717) is 0 Å². The van der Waals surface area contributed by atoms with Crippen molar-refractivity contribution in [2.75, 3.05) is 40.4 Å². The highest BCUT2D eigenvalue weighted by atomic mass is 35.5. The predicted molar refractivity (Wildman–Crippen MR) is 99.8 cm³/mol. The van der Waals surface area contributed by atoms with Crippen LogP contribution in [0.2, 0.25) is 5.02 Å². The molecular weight excluding hydrogens is 336 g/mol. The molecule has 0 spiro atoms. The first kappa shape index (κ1) is 18.1. The Hall–Kier alpha value is -1.75. The number of hydrogen-bond donors (Lipinski definition) is 2. The summed E-state index contributed by atoms with van der Waals surface area (Å²) in [6, 6.07) is 14.3. The number of hydrogen-bond acceptors (Lipinski definition) is 2. The number of piperazine rings is 1. The van der Waals surface area contributed by atoms with Gasteiger partial charge in [0.1, 0.15) is 50.8 Å². The topological polar surface area (TPSA) is 27.3 Å². The zero-order valence-electron chi connectivity index (χ0n) is 15.0. The van der Waals surface area contributed by atoms with E-state index in [2.05, 4.69) is 18.2 Å². The van der Waals surface area contributed by atoms with Crippen LogP contribution in [-0.4, -0.2) is 40.4 Å². The first-order valence-electron chi connectivity index (χ1n) is 8.80. The van der Waals surface area contributed by atoms with Crippen LogP contribution in [-0.2, 0) is 13.1 Å². The van der Waals surface area contributed by atoms with E-state index in [0.717, 1.165) is 29.6 Å². The van der Waals surface area contributed by atoms with Gasteiger partial charge in [-0.2, -0.15) is 0 Å². The fourth-order valence-electron chi connectivity index (χ4n) is 3.49. The van der Waals surface area contributed by atoms with Crippen LogP contribution in [0.15, 0.2) is 42.5 Å². The molecule has 0 atom stereocenters. The summed E-state index contributed by atoms with van der Waals surface area (Å²) in [6.07, 6.45) is 0. The molecule has 1 fully saturated rings. The minimum atomic E-state index is 0.806. The van der Waals surface area contributed by atoms with Crippen molar-refractivity contribution in [3.8, 4) is 11.5 Å². The SMILES string of the molecule is COc1ccc(OC)c(C[NH+]2CC[NH+](Cc3ccc(Cl)cc3)CC2)c1. The van der Waals surface area contributed by atoms with E-state index in [1.165, 1.54) is 37.3 Å². The summed E-state index contributed by atoms with van der Waals surface area (Å²) in [5.74, 6) is 1.84. The molecule has 0 aliphatic carbocycles. The highest BCUT2D eigenvalue weighted by Gasteiger charge is 2.24. The van der Waals surface area contributed by atoms with Crippen molar-refractivity contribution < 1.29 is 19.3 Å². The molecule has 2 aromatic rings. The van der Waals surface area contributed by atoms with E-state index in [9.17, 15) is 0 Å². The molecule has 4 nitrogen and oxygen atoms in total. The van der Waals surface area contributed by atoms with Crippen LogP contribution in [0.1, 0.15) is 11.1 Å². The van der Waals surface area contributed by atoms with Gasteiger partial charge in [0.15, 0.2) is 0 Å². The summed E-state index contributed by atoms with van der Waals surface area (Å²) in [7, 11) is 3.44. The fourth-order valence-corrected chi connectivity index (χ4v) is 3.62. The smallest absolute Gasteiger partial charge is 0.127 e. The Bertz CT molecular complexity index is 683. The highest BCUT2D eigenvalue weighted by Crippen LogP contribution is 2.23. The third-order valence-corrected chi connectivity index (χ3v) is 5.21. The van der Waals surface area contributed by atoms with Gasteiger partial charge in [-0.05, 0) is 30.3 Å². The van der Waals surface area contributed by atoms with E-state index in [-0.39, 0.29) is 0 Å². The lowest BCUT2D eigenvalue weighted by Gasteiger charge is -2.30. The van der Waals surface area contributed by atoms with Crippen LogP contribution in [0.5, 0.6) is 11.5 Å². The average Bonchev–Trinajstić information content (AvgIpc) is 2.65. The minimum Gasteiger partial charge on any atom is -0.497 e. The summed E-state index contributed by atoms with van der Waals surface area (Å²) in [5, 5.41) is 0.806. The first-order valence-corrected chi connectivity index (χ1v) is 9.18. The molecule has 25 heavy (non-hydrogen) atoms. The van der Waals surface area contributed by atoms with Crippen LogP contribution < -0.4 is 19.3 Å².